The van der Waals surface area contributed by atoms with Crippen molar-refractivity contribution < 1.29 is 9.47 Å². The number of benzene rings is 1. The Balaban J connectivity index is 2.45. The first-order valence-electron chi connectivity index (χ1n) is 6.74. The number of methoxy groups -OCH3 is 1. The first-order chi connectivity index (χ1) is 8.80. The average Bonchev–Trinajstić information content (AvgIpc) is 2.41. The van der Waals surface area contributed by atoms with Crippen LogP contribution in [0.25, 0.3) is 0 Å². The monoisotopic (exact) mass is 251 g/mol. The molecule has 0 bridgehead atoms. The molecule has 0 heterocycles. The van der Waals surface area contributed by atoms with E-state index in [9.17, 15) is 0 Å². The van der Waals surface area contributed by atoms with Crippen LogP contribution in [0.1, 0.15) is 32.3 Å². The van der Waals surface area contributed by atoms with Gasteiger partial charge in [0, 0.05) is 19.7 Å². The Morgan fingerprint density at radius 2 is 2.11 bits per heavy atom. The van der Waals surface area contributed by atoms with Crippen LogP contribution in [0.3, 0.4) is 0 Å². The van der Waals surface area contributed by atoms with E-state index >= 15 is 0 Å². The molecule has 0 fully saturated rings. The van der Waals surface area contributed by atoms with Crippen molar-refractivity contribution in [3.63, 3.8) is 0 Å². The van der Waals surface area contributed by atoms with Crippen molar-refractivity contribution >= 4 is 0 Å². The molecule has 18 heavy (non-hydrogen) atoms. The van der Waals surface area contributed by atoms with Crippen LogP contribution in [0.4, 0.5) is 0 Å². The maximum Gasteiger partial charge on any atom is 0.119 e. The molecule has 102 valence electrons. The second-order valence-electron chi connectivity index (χ2n) is 4.44. The highest BCUT2D eigenvalue weighted by atomic mass is 16.5. The number of rotatable bonds is 9. The molecule has 1 aromatic carbocycles. The SMILES string of the molecule is CCCOc1cccc(CNC(CC)COC)c1. The van der Waals surface area contributed by atoms with Gasteiger partial charge in [0.15, 0.2) is 0 Å². The van der Waals surface area contributed by atoms with Crippen LogP contribution in [-0.2, 0) is 11.3 Å². The lowest BCUT2D eigenvalue weighted by Gasteiger charge is -2.16. The Kier molecular flexibility index (Phi) is 7.46. The molecule has 0 amide bonds. The third kappa shape index (κ3) is 5.52. The summed E-state index contributed by atoms with van der Waals surface area (Å²) >= 11 is 0. The van der Waals surface area contributed by atoms with Gasteiger partial charge >= 0.3 is 0 Å². The fourth-order valence-electron chi connectivity index (χ4n) is 1.75. The van der Waals surface area contributed by atoms with Gasteiger partial charge in [0.25, 0.3) is 0 Å². The van der Waals surface area contributed by atoms with Crippen LogP contribution >= 0.6 is 0 Å². The first-order valence-corrected chi connectivity index (χ1v) is 6.74. The molecule has 0 aromatic heterocycles. The normalized spacial score (nSPS) is 12.4. The summed E-state index contributed by atoms with van der Waals surface area (Å²) in [6.07, 6.45) is 2.11. The van der Waals surface area contributed by atoms with E-state index in [-0.39, 0.29) is 0 Å². The van der Waals surface area contributed by atoms with Gasteiger partial charge in [-0.1, -0.05) is 26.0 Å². The van der Waals surface area contributed by atoms with E-state index in [0.29, 0.717) is 6.04 Å². The minimum absolute atomic E-state index is 0.412. The summed E-state index contributed by atoms with van der Waals surface area (Å²) in [5, 5.41) is 3.49. The lowest BCUT2D eigenvalue weighted by molar-refractivity contribution is 0.164. The van der Waals surface area contributed by atoms with E-state index in [2.05, 4.69) is 31.3 Å². The molecule has 0 aliphatic rings. The summed E-state index contributed by atoms with van der Waals surface area (Å²) < 4.78 is 10.8. The molecular formula is C15H25NO2. The molecule has 1 N–H and O–H groups in total. The summed E-state index contributed by atoms with van der Waals surface area (Å²) in [5.41, 5.74) is 1.25. The third-order valence-electron chi connectivity index (χ3n) is 2.83. The van der Waals surface area contributed by atoms with Crippen molar-refractivity contribution in [2.75, 3.05) is 20.3 Å². The molecule has 1 rings (SSSR count). The average molecular weight is 251 g/mol. The highest BCUT2D eigenvalue weighted by molar-refractivity contribution is 5.28. The van der Waals surface area contributed by atoms with Gasteiger partial charge in [0.1, 0.15) is 5.75 Å². The molecule has 0 spiro atoms. The van der Waals surface area contributed by atoms with E-state index in [1.165, 1.54) is 5.56 Å². The van der Waals surface area contributed by atoms with Crippen molar-refractivity contribution in [1.82, 2.24) is 5.32 Å². The summed E-state index contributed by atoms with van der Waals surface area (Å²) in [4.78, 5) is 0. The molecule has 3 heteroatoms. The summed E-state index contributed by atoms with van der Waals surface area (Å²) in [5.74, 6) is 0.955. The lowest BCUT2D eigenvalue weighted by Crippen LogP contribution is -2.31. The zero-order chi connectivity index (χ0) is 13.2. The zero-order valence-electron chi connectivity index (χ0n) is 11.7. The van der Waals surface area contributed by atoms with Crippen molar-refractivity contribution in [3.8, 4) is 5.75 Å². The van der Waals surface area contributed by atoms with Gasteiger partial charge in [-0.05, 0) is 30.5 Å². The molecule has 1 unspecified atom stereocenters. The Hall–Kier alpha value is -1.06. The molecule has 1 aromatic rings. The molecule has 0 aliphatic heterocycles. The molecule has 0 saturated heterocycles. The highest BCUT2D eigenvalue weighted by Gasteiger charge is 2.05. The summed E-state index contributed by atoms with van der Waals surface area (Å²) in [7, 11) is 1.74. The highest BCUT2D eigenvalue weighted by Crippen LogP contribution is 2.13. The van der Waals surface area contributed by atoms with Crippen LogP contribution < -0.4 is 10.1 Å². The van der Waals surface area contributed by atoms with Crippen LogP contribution in [0.15, 0.2) is 24.3 Å². The van der Waals surface area contributed by atoms with E-state index in [1.54, 1.807) is 7.11 Å². The fraction of sp³-hybridized carbons (Fsp3) is 0.600. The predicted octanol–water partition coefficient (Wildman–Crippen LogP) is 2.99. The van der Waals surface area contributed by atoms with Crippen molar-refractivity contribution in [2.24, 2.45) is 0 Å². The maximum absolute atomic E-state index is 5.62. The number of nitrogens with one attached hydrogen (secondary N) is 1. The van der Waals surface area contributed by atoms with Crippen LogP contribution in [0.5, 0.6) is 5.75 Å². The molecule has 1 atom stereocenters. The molecule has 0 aliphatic carbocycles. The van der Waals surface area contributed by atoms with E-state index in [0.717, 1.165) is 38.3 Å². The van der Waals surface area contributed by atoms with Gasteiger partial charge in [0.05, 0.1) is 13.2 Å². The minimum atomic E-state index is 0.412. The first kappa shape index (κ1) is 15.0. The van der Waals surface area contributed by atoms with Gasteiger partial charge in [-0.25, -0.2) is 0 Å². The minimum Gasteiger partial charge on any atom is -0.494 e. The zero-order valence-corrected chi connectivity index (χ0v) is 11.7. The van der Waals surface area contributed by atoms with E-state index in [1.807, 2.05) is 12.1 Å². The summed E-state index contributed by atoms with van der Waals surface area (Å²) in [6, 6.07) is 8.67. The van der Waals surface area contributed by atoms with Crippen LogP contribution in [0, 0.1) is 0 Å². The Morgan fingerprint density at radius 3 is 2.78 bits per heavy atom. The predicted molar refractivity (Wildman–Crippen MR) is 75.0 cm³/mol. The lowest BCUT2D eigenvalue weighted by atomic mass is 10.2. The molecular weight excluding hydrogens is 226 g/mol. The molecule has 3 nitrogen and oxygen atoms in total. The number of hydrogen-bond donors (Lipinski definition) is 1. The van der Waals surface area contributed by atoms with Crippen molar-refractivity contribution in [3.05, 3.63) is 29.8 Å². The number of hydrogen-bond acceptors (Lipinski definition) is 3. The maximum atomic E-state index is 5.62. The second-order valence-corrected chi connectivity index (χ2v) is 4.44. The summed E-state index contributed by atoms with van der Waals surface area (Å²) in [6.45, 7) is 6.66. The van der Waals surface area contributed by atoms with E-state index < -0.39 is 0 Å². The second kappa shape index (κ2) is 8.95. The van der Waals surface area contributed by atoms with Gasteiger partial charge in [-0.15, -0.1) is 0 Å². The molecule has 0 saturated carbocycles. The smallest absolute Gasteiger partial charge is 0.119 e. The van der Waals surface area contributed by atoms with Crippen molar-refractivity contribution in [2.45, 2.75) is 39.3 Å². The van der Waals surface area contributed by atoms with Gasteiger partial charge in [-0.3, -0.25) is 0 Å². The Bertz CT molecular complexity index is 328. The number of ether oxygens (including phenoxy) is 2. The quantitative estimate of drug-likeness (QED) is 0.732. The van der Waals surface area contributed by atoms with Crippen molar-refractivity contribution in [1.29, 1.82) is 0 Å². The van der Waals surface area contributed by atoms with Gasteiger partial charge in [-0.2, -0.15) is 0 Å². The standard InChI is InChI=1S/C15H25NO2/c1-4-9-18-15-8-6-7-13(10-15)11-16-14(5-2)12-17-3/h6-8,10,14,16H,4-5,9,11-12H2,1-3H3. The topological polar surface area (TPSA) is 30.5 Å². The largest absolute Gasteiger partial charge is 0.494 e. The van der Waals surface area contributed by atoms with Gasteiger partial charge < -0.3 is 14.8 Å². The Morgan fingerprint density at radius 1 is 1.28 bits per heavy atom. The third-order valence-corrected chi connectivity index (χ3v) is 2.83. The fourth-order valence-corrected chi connectivity index (χ4v) is 1.75. The van der Waals surface area contributed by atoms with Gasteiger partial charge in [0.2, 0.25) is 0 Å². The Labute approximate surface area is 110 Å². The molecule has 0 radical (unpaired) electrons. The van der Waals surface area contributed by atoms with E-state index in [4.69, 9.17) is 9.47 Å². The van der Waals surface area contributed by atoms with Crippen LogP contribution in [-0.4, -0.2) is 26.4 Å². The van der Waals surface area contributed by atoms with Crippen LogP contribution in [0.2, 0.25) is 0 Å².